The summed E-state index contributed by atoms with van der Waals surface area (Å²) < 4.78 is 0. The maximum Gasteiger partial charge on any atom is 0.267 e. The Balaban J connectivity index is 1.87. The molecule has 1 fully saturated rings. The molecule has 0 aromatic carbocycles. The molecule has 1 saturated heterocycles. The highest BCUT2D eigenvalue weighted by Gasteiger charge is 2.25. The average Bonchev–Trinajstić information content (AvgIpc) is 3.27. The van der Waals surface area contributed by atoms with Crippen molar-refractivity contribution in [3.8, 4) is 0 Å². The number of unbranched alkanes of at least 4 members (excludes halogenated alkanes) is 1. The summed E-state index contributed by atoms with van der Waals surface area (Å²) in [5.74, 6) is -0.336. The number of H-pyrrole nitrogens is 1. The second-order valence-corrected chi connectivity index (χ2v) is 9.45. The monoisotopic (exact) mass is 448 g/mol. The van der Waals surface area contributed by atoms with Gasteiger partial charge in [-0.25, -0.2) is 0 Å². The van der Waals surface area contributed by atoms with E-state index in [4.69, 9.17) is 0 Å². The van der Waals surface area contributed by atoms with Gasteiger partial charge < -0.3 is 25.6 Å². The van der Waals surface area contributed by atoms with Crippen molar-refractivity contribution in [1.82, 2.24) is 20.5 Å². The summed E-state index contributed by atoms with van der Waals surface area (Å²) in [6.07, 6.45) is 7.78. The minimum absolute atomic E-state index is 0.000275. The standard InChI is InChI=1S/C24H40N4O4/c1-18-9-6-12-24(2,32)13-8-16-28(3)21(29)17-19(27-22(18)30)10-4-5-14-26-23(31)20-11-7-15-25-20/h7,11,15,18-19,25,32H,4-6,8-10,12-14,16-17H2,1-3H3,(H,26,31)(H,27,30)/t18?,19-,24?/m0/s1. The third-order valence-electron chi connectivity index (χ3n) is 6.31. The van der Waals surface area contributed by atoms with Gasteiger partial charge in [0.15, 0.2) is 0 Å². The van der Waals surface area contributed by atoms with Crippen molar-refractivity contribution >= 4 is 17.7 Å². The number of carbonyl (C=O) groups excluding carboxylic acids is 3. The highest BCUT2D eigenvalue weighted by atomic mass is 16.3. The lowest BCUT2D eigenvalue weighted by Gasteiger charge is -2.28. The average molecular weight is 449 g/mol. The quantitative estimate of drug-likeness (QED) is 0.501. The molecule has 0 aliphatic carbocycles. The Morgan fingerprint density at radius 1 is 1.28 bits per heavy atom. The summed E-state index contributed by atoms with van der Waals surface area (Å²) in [6.45, 7) is 4.87. The third-order valence-corrected chi connectivity index (χ3v) is 6.31. The summed E-state index contributed by atoms with van der Waals surface area (Å²) in [5.41, 5.74) is -0.226. The maximum absolute atomic E-state index is 12.7. The SMILES string of the molecule is CC1CCCC(C)(O)CCCN(C)C(=O)C[C@H](CCCCNC(=O)c2ccc[nH]2)NC1=O. The number of nitrogens with zero attached hydrogens (tertiary/aromatic N) is 1. The first-order valence-electron chi connectivity index (χ1n) is 11.9. The number of aliphatic hydroxyl groups is 1. The molecule has 2 unspecified atom stereocenters. The Hall–Kier alpha value is -2.35. The van der Waals surface area contributed by atoms with Gasteiger partial charge in [0.1, 0.15) is 5.69 Å². The molecule has 1 aliphatic heterocycles. The molecule has 3 amide bonds. The Kier molecular flexibility index (Phi) is 10.2. The molecule has 0 bridgehead atoms. The molecule has 1 aromatic rings. The molecule has 8 heteroatoms. The highest BCUT2D eigenvalue weighted by molar-refractivity contribution is 5.92. The van der Waals surface area contributed by atoms with Crippen molar-refractivity contribution in [2.45, 2.75) is 83.3 Å². The van der Waals surface area contributed by atoms with Gasteiger partial charge >= 0.3 is 0 Å². The van der Waals surface area contributed by atoms with Crippen molar-refractivity contribution in [2.24, 2.45) is 5.92 Å². The van der Waals surface area contributed by atoms with Crippen LogP contribution in [0.2, 0.25) is 0 Å². The maximum atomic E-state index is 12.7. The van der Waals surface area contributed by atoms with Crippen LogP contribution in [0.4, 0.5) is 0 Å². The van der Waals surface area contributed by atoms with Crippen LogP contribution in [0.15, 0.2) is 18.3 Å². The molecule has 2 rings (SSSR count). The van der Waals surface area contributed by atoms with Crippen molar-refractivity contribution in [3.05, 3.63) is 24.0 Å². The van der Waals surface area contributed by atoms with Gasteiger partial charge in [0.25, 0.3) is 5.91 Å². The molecule has 0 radical (unpaired) electrons. The highest BCUT2D eigenvalue weighted by Crippen LogP contribution is 2.22. The lowest BCUT2D eigenvalue weighted by molar-refractivity contribution is -0.131. The van der Waals surface area contributed by atoms with E-state index < -0.39 is 5.60 Å². The van der Waals surface area contributed by atoms with Gasteiger partial charge in [-0.15, -0.1) is 0 Å². The van der Waals surface area contributed by atoms with Crippen LogP contribution in [0.25, 0.3) is 0 Å². The van der Waals surface area contributed by atoms with Crippen LogP contribution in [-0.2, 0) is 9.59 Å². The van der Waals surface area contributed by atoms with Crippen LogP contribution >= 0.6 is 0 Å². The van der Waals surface area contributed by atoms with Gasteiger partial charge in [0.2, 0.25) is 11.8 Å². The molecule has 0 spiro atoms. The molecular formula is C24H40N4O4. The van der Waals surface area contributed by atoms with Crippen LogP contribution in [-0.4, -0.2) is 64.5 Å². The van der Waals surface area contributed by atoms with Gasteiger partial charge in [0, 0.05) is 44.7 Å². The fraction of sp³-hybridized carbons (Fsp3) is 0.708. The zero-order valence-corrected chi connectivity index (χ0v) is 19.8. The van der Waals surface area contributed by atoms with Crippen LogP contribution in [0.1, 0.15) is 82.1 Å². The normalized spacial score (nSPS) is 26.3. The molecule has 2 heterocycles. The molecule has 1 aromatic heterocycles. The summed E-state index contributed by atoms with van der Waals surface area (Å²) >= 11 is 0. The van der Waals surface area contributed by atoms with E-state index in [2.05, 4.69) is 15.6 Å². The lowest BCUT2D eigenvalue weighted by Crippen LogP contribution is -2.42. The van der Waals surface area contributed by atoms with E-state index >= 15 is 0 Å². The van der Waals surface area contributed by atoms with Crippen LogP contribution in [0.3, 0.4) is 0 Å². The fourth-order valence-corrected chi connectivity index (χ4v) is 4.09. The van der Waals surface area contributed by atoms with E-state index in [9.17, 15) is 19.5 Å². The molecule has 180 valence electrons. The largest absolute Gasteiger partial charge is 0.390 e. The summed E-state index contributed by atoms with van der Waals surface area (Å²) in [4.78, 5) is 41.9. The van der Waals surface area contributed by atoms with E-state index in [1.807, 2.05) is 13.8 Å². The smallest absolute Gasteiger partial charge is 0.267 e. The predicted octanol–water partition coefficient (Wildman–Crippen LogP) is 2.60. The van der Waals surface area contributed by atoms with Crippen LogP contribution < -0.4 is 10.6 Å². The minimum Gasteiger partial charge on any atom is -0.390 e. The van der Waals surface area contributed by atoms with Crippen molar-refractivity contribution in [2.75, 3.05) is 20.1 Å². The number of hydrogen-bond donors (Lipinski definition) is 4. The van der Waals surface area contributed by atoms with Gasteiger partial charge in [-0.2, -0.15) is 0 Å². The number of aromatic nitrogens is 1. The molecule has 4 N–H and O–H groups in total. The Bertz CT molecular complexity index is 700. The molecule has 1 aliphatic rings. The van der Waals surface area contributed by atoms with Gasteiger partial charge in [-0.05, 0) is 70.4 Å². The van der Waals surface area contributed by atoms with E-state index in [-0.39, 0.29) is 36.1 Å². The number of aromatic amines is 1. The zero-order valence-electron chi connectivity index (χ0n) is 19.8. The number of rotatable bonds is 6. The summed E-state index contributed by atoms with van der Waals surface area (Å²) in [5, 5.41) is 16.5. The number of hydrogen-bond acceptors (Lipinski definition) is 4. The Morgan fingerprint density at radius 3 is 2.75 bits per heavy atom. The van der Waals surface area contributed by atoms with E-state index in [0.29, 0.717) is 44.5 Å². The predicted molar refractivity (Wildman–Crippen MR) is 124 cm³/mol. The minimum atomic E-state index is -0.761. The molecule has 0 saturated carbocycles. The molecular weight excluding hydrogens is 408 g/mol. The Morgan fingerprint density at radius 2 is 2.03 bits per heavy atom. The number of nitrogens with one attached hydrogen (secondary N) is 3. The zero-order chi connectivity index (χ0) is 23.6. The van der Waals surface area contributed by atoms with Gasteiger partial charge in [-0.1, -0.05) is 6.92 Å². The second-order valence-electron chi connectivity index (χ2n) is 9.45. The van der Waals surface area contributed by atoms with E-state index in [1.165, 1.54) is 0 Å². The van der Waals surface area contributed by atoms with E-state index in [0.717, 1.165) is 25.7 Å². The second kappa shape index (κ2) is 12.6. The van der Waals surface area contributed by atoms with Crippen molar-refractivity contribution in [3.63, 3.8) is 0 Å². The fourth-order valence-electron chi connectivity index (χ4n) is 4.09. The molecule has 3 atom stereocenters. The summed E-state index contributed by atoms with van der Waals surface area (Å²) in [7, 11) is 1.78. The van der Waals surface area contributed by atoms with Crippen LogP contribution in [0.5, 0.6) is 0 Å². The number of carbonyl (C=O) groups is 3. The van der Waals surface area contributed by atoms with Crippen molar-refractivity contribution < 1.29 is 19.5 Å². The van der Waals surface area contributed by atoms with E-state index in [1.54, 1.807) is 30.3 Å². The summed E-state index contributed by atoms with van der Waals surface area (Å²) in [6, 6.07) is 3.29. The van der Waals surface area contributed by atoms with Crippen LogP contribution in [0, 0.1) is 5.92 Å². The first-order chi connectivity index (χ1) is 15.2. The third kappa shape index (κ3) is 9.02. The molecule has 32 heavy (non-hydrogen) atoms. The number of amides is 3. The first-order valence-corrected chi connectivity index (χ1v) is 11.9. The molecule has 8 nitrogen and oxygen atoms in total. The first kappa shape index (κ1) is 25.9. The lowest BCUT2D eigenvalue weighted by atomic mass is 9.91. The Labute approximate surface area is 191 Å². The topological polar surface area (TPSA) is 115 Å². The van der Waals surface area contributed by atoms with Gasteiger partial charge in [0.05, 0.1) is 5.60 Å². The van der Waals surface area contributed by atoms with Gasteiger partial charge in [-0.3, -0.25) is 14.4 Å². The van der Waals surface area contributed by atoms with Crippen molar-refractivity contribution in [1.29, 1.82) is 0 Å².